The van der Waals surface area contributed by atoms with Gasteiger partial charge in [-0.05, 0) is 36.4 Å². The van der Waals surface area contributed by atoms with Gasteiger partial charge in [-0.1, -0.05) is 54.6 Å². The first-order valence-corrected chi connectivity index (χ1v) is 13.4. The van der Waals surface area contributed by atoms with E-state index in [0.29, 0.717) is 11.4 Å². The second-order valence-corrected chi connectivity index (χ2v) is 10.2. The Balaban J connectivity index is 1.56. The van der Waals surface area contributed by atoms with Crippen LogP contribution in [0.25, 0.3) is 0 Å². The molecule has 0 spiro atoms. The summed E-state index contributed by atoms with van der Waals surface area (Å²) in [5, 5.41) is 17.8. The Morgan fingerprint density at radius 3 is 1.76 bits per heavy atom. The zero-order chi connectivity index (χ0) is 28.7. The van der Waals surface area contributed by atoms with E-state index in [1.807, 2.05) is 95.9 Å². The molecule has 3 aliphatic heterocycles. The number of Topliss-reactive ketones (excluding diaryl/α,β-unsaturated/α-hetero) is 3. The van der Waals surface area contributed by atoms with E-state index in [1.165, 1.54) is 20.8 Å². The van der Waals surface area contributed by atoms with E-state index >= 15 is 0 Å². The van der Waals surface area contributed by atoms with Crippen LogP contribution in [0.3, 0.4) is 0 Å². The number of benzene rings is 3. The van der Waals surface area contributed by atoms with Crippen molar-refractivity contribution in [2.45, 2.75) is 39.0 Å². The maximum Gasteiger partial charge on any atom is 0.196 e. The summed E-state index contributed by atoms with van der Waals surface area (Å²) in [7, 11) is 0. The molecule has 0 bridgehead atoms. The fourth-order valence-corrected chi connectivity index (χ4v) is 5.90. The van der Waals surface area contributed by atoms with Crippen LogP contribution in [0.1, 0.15) is 20.8 Å². The third kappa shape index (κ3) is 4.47. The summed E-state index contributed by atoms with van der Waals surface area (Å²) in [6.45, 7) is 4.41. The summed E-state index contributed by atoms with van der Waals surface area (Å²) < 4.78 is 0. The van der Waals surface area contributed by atoms with Crippen molar-refractivity contribution in [2.75, 3.05) is 15.4 Å². The number of para-hydroxylation sites is 3. The molecule has 10 heteroatoms. The second kappa shape index (κ2) is 10.5. The van der Waals surface area contributed by atoms with Crippen molar-refractivity contribution in [1.82, 2.24) is 4.90 Å². The smallest absolute Gasteiger partial charge is 0.196 e. The van der Waals surface area contributed by atoms with Crippen molar-refractivity contribution in [1.29, 1.82) is 0 Å². The van der Waals surface area contributed by atoms with Crippen LogP contribution in [0.15, 0.2) is 106 Å². The van der Waals surface area contributed by atoms with Crippen LogP contribution in [0.2, 0.25) is 0 Å². The Morgan fingerprint density at radius 1 is 0.707 bits per heavy atom. The summed E-state index contributed by atoms with van der Waals surface area (Å²) in [6.07, 6.45) is -0.623. The molecule has 0 saturated carbocycles. The average molecular weight is 548 g/mol. The molecule has 3 aliphatic rings. The molecule has 1 fully saturated rings. The van der Waals surface area contributed by atoms with E-state index in [4.69, 9.17) is 10.2 Å². The first-order valence-electron chi connectivity index (χ1n) is 13.4. The number of anilines is 3. The van der Waals surface area contributed by atoms with Gasteiger partial charge < -0.3 is 4.90 Å². The minimum absolute atomic E-state index is 0.112. The molecule has 3 aromatic rings. The minimum Gasteiger partial charge on any atom is -0.318 e. The molecule has 3 aromatic carbocycles. The largest absolute Gasteiger partial charge is 0.318 e. The third-order valence-corrected chi connectivity index (χ3v) is 7.54. The normalized spacial score (nSPS) is 23.1. The van der Waals surface area contributed by atoms with Gasteiger partial charge in [0, 0.05) is 20.8 Å². The van der Waals surface area contributed by atoms with Gasteiger partial charge in [-0.15, -0.1) is 0 Å². The molecule has 0 amide bonds. The van der Waals surface area contributed by atoms with Crippen LogP contribution in [0, 0.1) is 5.92 Å². The first kappa shape index (κ1) is 26.1. The van der Waals surface area contributed by atoms with Crippen LogP contribution in [0.5, 0.6) is 0 Å². The lowest BCUT2D eigenvalue weighted by molar-refractivity contribution is -0.112. The molecular weight excluding hydrogens is 518 g/mol. The van der Waals surface area contributed by atoms with Crippen LogP contribution in [0.4, 0.5) is 17.1 Å². The van der Waals surface area contributed by atoms with Gasteiger partial charge in [-0.3, -0.25) is 24.8 Å². The number of hydrogen-bond donors (Lipinski definition) is 1. The number of fused-ring (bicyclic) bond motifs is 3. The molecule has 3 heterocycles. The van der Waals surface area contributed by atoms with Gasteiger partial charge in [0.05, 0.1) is 29.0 Å². The van der Waals surface area contributed by atoms with Gasteiger partial charge in [-0.25, -0.2) is 5.01 Å². The number of nitrogens with zero attached hydrogens (tertiary/aromatic N) is 6. The third-order valence-electron chi connectivity index (χ3n) is 7.54. The summed E-state index contributed by atoms with van der Waals surface area (Å²) in [5.74, 6) is -1.12. The fourth-order valence-electron chi connectivity index (χ4n) is 5.90. The highest BCUT2D eigenvalue weighted by atomic mass is 16.1. The molecule has 10 nitrogen and oxygen atoms in total. The molecule has 1 saturated heterocycles. The van der Waals surface area contributed by atoms with Crippen LogP contribution in [-0.4, -0.2) is 57.8 Å². The Kier molecular flexibility index (Phi) is 6.66. The van der Waals surface area contributed by atoms with Crippen molar-refractivity contribution >= 4 is 51.7 Å². The van der Waals surface area contributed by atoms with E-state index in [1.54, 1.807) is 10.0 Å². The van der Waals surface area contributed by atoms with Crippen molar-refractivity contribution in [3.05, 3.63) is 91.0 Å². The lowest BCUT2D eigenvalue weighted by atomic mass is 9.89. The number of nitrogens with one attached hydrogen (secondary N) is 1. The number of carbonyl (C=O) groups excluding carboxylic acids is 3. The van der Waals surface area contributed by atoms with Gasteiger partial charge in [0.2, 0.25) is 0 Å². The quantitative estimate of drug-likeness (QED) is 0.271. The van der Waals surface area contributed by atoms with Gasteiger partial charge in [-0.2, -0.15) is 15.3 Å². The van der Waals surface area contributed by atoms with E-state index in [9.17, 15) is 14.4 Å². The SMILES string of the molecule is CC(=O)C1=NN(c2ccccc2)C2C1C1C(C(C(C)=O)=NN1c1ccccc1)N2C(=NNc1ccccc1)C(C)=O. The second-order valence-electron chi connectivity index (χ2n) is 10.2. The summed E-state index contributed by atoms with van der Waals surface area (Å²) in [6, 6.07) is 27.1. The Labute approximate surface area is 237 Å². The highest BCUT2D eigenvalue weighted by Crippen LogP contribution is 2.47. The lowest BCUT2D eigenvalue weighted by Gasteiger charge is -2.35. The topological polar surface area (TPSA) is 110 Å². The predicted molar refractivity (Wildman–Crippen MR) is 159 cm³/mol. The zero-order valence-corrected chi connectivity index (χ0v) is 22.9. The molecule has 4 atom stereocenters. The Bertz CT molecular complexity index is 1590. The minimum atomic E-state index is -0.668. The number of hydrogen-bond acceptors (Lipinski definition) is 9. The number of carbonyl (C=O) groups is 3. The Hall–Kier alpha value is -5.12. The first-order chi connectivity index (χ1) is 19.9. The maximum atomic E-state index is 13.3. The number of hydrazone groups is 3. The van der Waals surface area contributed by atoms with Crippen molar-refractivity contribution in [3.8, 4) is 0 Å². The van der Waals surface area contributed by atoms with Crippen LogP contribution >= 0.6 is 0 Å². The standard InChI is InChI=1S/C31H29N7O3/c1-19(39)26-25-28-29(27(20(2)40)35-37(28)23-15-9-5-10-16-23)36(31(25)38(34-26)24-17-11-6-12-18-24)30(21(3)41)33-32-22-13-7-4-8-14-22/h4-18,25,28-29,31-32H,1-3H3. The van der Waals surface area contributed by atoms with Crippen molar-refractivity contribution in [2.24, 2.45) is 21.2 Å². The molecule has 0 radical (unpaired) electrons. The summed E-state index contributed by atoms with van der Waals surface area (Å²) in [5.41, 5.74) is 5.86. The summed E-state index contributed by atoms with van der Waals surface area (Å²) in [4.78, 5) is 41.4. The molecule has 206 valence electrons. The van der Waals surface area contributed by atoms with Gasteiger partial charge in [0.15, 0.2) is 23.2 Å². The number of amidine groups is 1. The van der Waals surface area contributed by atoms with E-state index in [0.717, 1.165) is 11.4 Å². The van der Waals surface area contributed by atoms with Gasteiger partial charge >= 0.3 is 0 Å². The molecular formula is C31H29N7O3. The molecule has 1 N–H and O–H groups in total. The molecule has 41 heavy (non-hydrogen) atoms. The molecule has 4 unspecified atom stereocenters. The Morgan fingerprint density at radius 2 is 1.22 bits per heavy atom. The lowest BCUT2D eigenvalue weighted by Crippen LogP contribution is -2.54. The van der Waals surface area contributed by atoms with Gasteiger partial charge in [0.25, 0.3) is 0 Å². The molecule has 0 aliphatic carbocycles. The zero-order valence-electron chi connectivity index (χ0n) is 22.9. The van der Waals surface area contributed by atoms with Gasteiger partial charge in [0.1, 0.15) is 23.6 Å². The number of ketones is 3. The van der Waals surface area contributed by atoms with E-state index < -0.39 is 24.2 Å². The highest BCUT2D eigenvalue weighted by molar-refractivity contribution is 6.46. The monoisotopic (exact) mass is 547 g/mol. The predicted octanol–water partition coefficient (Wildman–Crippen LogP) is 3.93. The number of likely N-dealkylation sites (tertiary alicyclic amines) is 1. The average Bonchev–Trinajstić information content (AvgIpc) is 3.64. The molecule has 0 aromatic heterocycles. The maximum absolute atomic E-state index is 13.3. The number of rotatable bonds is 7. The highest BCUT2D eigenvalue weighted by Gasteiger charge is 2.64. The van der Waals surface area contributed by atoms with E-state index in [2.05, 4.69) is 10.5 Å². The molecule has 6 rings (SSSR count). The fraction of sp³-hybridized carbons (Fsp3) is 0.226. The summed E-state index contributed by atoms with van der Waals surface area (Å²) >= 11 is 0. The van der Waals surface area contributed by atoms with Crippen molar-refractivity contribution in [3.63, 3.8) is 0 Å². The van der Waals surface area contributed by atoms with Crippen LogP contribution in [-0.2, 0) is 14.4 Å². The van der Waals surface area contributed by atoms with E-state index in [-0.39, 0.29) is 28.9 Å². The van der Waals surface area contributed by atoms with Crippen molar-refractivity contribution < 1.29 is 14.4 Å². The van der Waals surface area contributed by atoms with Crippen LogP contribution < -0.4 is 15.4 Å².